The minimum absolute atomic E-state index is 0.0494. The lowest BCUT2D eigenvalue weighted by molar-refractivity contribution is -0.124. The maximum atomic E-state index is 13.8. The number of halogens is 1. The fourth-order valence-electron chi connectivity index (χ4n) is 2.73. The van der Waals surface area contributed by atoms with Gasteiger partial charge < -0.3 is 15.4 Å². The second-order valence-corrected chi connectivity index (χ2v) is 7.22. The van der Waals surface area contributed by atoms with Gasteiger partial charge in [0.05, 0.1) is 24.1 Å². The average Bonchev–Trinajstić information content (AvgIpc) is 2.62. The number of rotatable bonds is 5. The number of anilines is 1. The van der Waals surface area contributed by atoms with E-state index in [9.17, 15) is 14.0 Å². The lowest BCUT2D eigenvalue weighted by Gasteiger charge is -2.24. The van der Waals surface area contributed by atoms with Crippen molar-refractivity contribution in [2.24, 2.45) is 0 Å². The maximum Gasteiger partial charge on any atom is 0.238 e. The predicted molar refractivity (Wildman–Crippen MR) is 98.8 cm³/mol. The van der Waals surface area contributed by atoms with Gasteiger partial charge in [-0.05, 0) is 36.8 Å². The molecule has 7 heteroatoms. The summed E-state index contributed by atoms with van der Waals surface area (Å²) in [6.45, 7) is 1.77. The van der Waals surface area contributed by atoms with E-state index >= 15 is 0 Å². The molecule has 0 bridgehead atoms. The van der Waals surface area contributed by atoms with Crippen LogP contribution in [0.2, 0.25) is 0 Å². The highest BCUT2D eigenvalue weighted by Gasteiger charge is 2.29. The second kappa shape index (κ2) is 7.78. The molecule has 2 N–H and O–H groups in total. The van der Waals surface area contributed by atoms with E-state index < -0.39 is 11.1 Å². The molecule has 3 rings (SSSR count). The summed E-state index contributed by atoms with van der Waals surface area (Å²) in [6, 6.07) is 11.7. The van der Waals surface area contributed by atoms with Crippen LogP contribution in [0.4, 0.5) is 10.1 Å². The molecule has 0 saturated heterocycles. The summed E-state index contributed by atoms with van der Waals surface area (Å²) >= 11 is 1.37. The quantitative estimate of drug-likeness (QED) is 0.840. The molecule has 1 aliphatic heterocycles. The van der Waals surface area contributed by atoms with Gasteiger partial charge in [0.1, 0.15) is 0 Å². The third-order valence-electron chi connectivity index (χ3n) is 4.13. The van der Waals surface area contributed by atoms with Crippen LogP contribution in [0.5, 0.6) is 5.75 Å². The molecule has 1 aliphatic rings. The van der Waals surface area contributed by atoms with Crippen molar-refractivity contribution in [3.63, 3.8) is 0 Å². The summed E-state index contributed by atoms with van der Waals surface area (Å²) in [7, 11) is 1.40. The number of carbonyl (C=O) groups excluding carboxylic acids is 2. The van der Waals surface area contributed by atoms with Crippen LogP contribution < -0.4 is 15.4 Å². The molecule has 26 heavy (non-hydrogen) atoms. The lowest BCUT2D eigenvalue weighted by Crippen LogP contribution is -2.35. The third kappa shape index (κ3) is 3.99. The van der Waals surface area contributed by atoms with E-state index in [1.807, 2.05) is 24.3 Å². The van der Waals surface area contributed by atoms with Gasteiger partial charge in [-0.1, -0.05) is 18.2 Å². The van der Waals surface area contributed by atoms with Crippen LogP contribution >= 0.6 is 11.8 Å². The van der Waals surface area contributed by atoms with E-state index in [-0.39, 0.29) is 30.0 Å². The molecule has 136 valence electrons. The van der Waals surface area contributed by atoms with Crippen LogP contribution in [-0.2, 0) is 9.59 Å². The fourth-order valence-corrected chi connectivity index (χ4v) is 3.84. The standard InChI is InChI=1S/C19H19FN2O3S/c1-11(12-7-8-15(25-2)13(20)9-12)21-18(23)10-17-19(24)22-14-5-3-4-6-16(14)26-17/h3-9,11,17H,10H2,1-2H3,(H,21,23)(H,22,24)/t11-,17-/m1/s1. The number of nitrogens with one attached hydrogen (secondary N) is 2. The van der Waals surface area contributed by atoms with Crippen molar-refractivity contribution in [1.29, 1.82) is 0 Å². The Labute approximate surface area is 155 Å². The van der Waals surface area contributed by atoms with Gasteiger partial charge in [0.25, 0.3) is 0 Å². The number of benzene rings is 2. The highest BCUT2D eigenvalue weighted by atomic mass is 32.2. The molecule has 0 aromatic heterocycles. The number of hydrogen-bond acceptors (Lipinski definition) is 4. The molecular weight excluding hydrogens is 355 g/mol. The molecule has 2 aromatic rings. The van der Waals surface area contributed by atoms with Crippen molar-refractivity contribution in [2.45, 2.75) is 29.5 Å². The number of carbonyl (C=O) groups is 2. The van der Waals surface area contributed by atoms with Gasteiger partial charge >= 0.3 is 0 Å². The maximum absolute atomic E-state index is 13.8. The van der Waals surface area contributed by atoms with Crippen LogP contribution in [0, 0.1) is 5.82 Å². The van der Waals surface area contributed by atoms with Gasteiger partial charge in [-0.25, -0.2) is 4.39 Å². The number of hydrogen-bond donors (Lipinski definition) is 2. The summed E-state index contributed by atoms with van der Waals surface area (Å²) < 4.78 is 18.7. The largest absolute Gasteiger partial charge is 0.494 e. The molecule has 2 amide bonds. The number of fused-ring (bicyclic) bond motifs is 1. The smallest absolute Gasteiger partial charge is 0.238 e. The predicted octanol–water partition coefficient (Wildman–Crippen LogP) is 3.51. The van der Waals surface area contributed by atoms with E-state index in [1.165, 1.54) is 31.0 Å². The first-order valence-corrected chi connectivity index (χ1v) is 9.05. The molecule has 0 spiro atoms. The zero-order valence-electron chi connectivity index (χ0n) is 14.4. The Morgan fingerprint density at radius 2 is 2.12 bits per heavy atom. The molecule has 2 aromatic carbocycles. The van der Waals surface area contributed by atoms with Crippen LogP contribution in [-0.4, -0.2) is 24.2 Å². The van der Waals surface area contributed by atoms with Crippen molar-refractivity contribution in [3.8, 4) is 5.75 Å². The second-order valence-electron chi connectivity index (χ2n) is 5.98. The molecule has 0 unspecified atom stereocenters. The molecule has 5 nitrogen and oxygen atoms in total. The van der Waals surface area contributed by atoms with Gasteiger partial charge in [-0.3, -0.25) is 9.59 Å². The van der Waals surface area contributed by atoms with Gasteiger partial charge in [-0.2, -0.15) is 0 Å². The summed E-state index contributed by atoms with van der Waals surface area (Å²) in [5, 5.41) is 5.13. The third-order valence-corrected chi connectivity index (χ3v) is 5.41. The summed E-state index contributed by atoms with van der Waals surface area (Å²) in [5.41, 5.74) is 1.39. The van der Waals surface area contributed by atoms with Gasteiger partial charge in [0.15, 0.2) is 11.6 Å². The van der Waals surface area contributed by atoms with E-state index in [0.29, 0.717) is 5.56 Å². The summed E-state index contributed by atoms with van der Waals surface area (Å²) in [4.78, 5) is 25.5. The Morgan fingerprint density at radius 3 is 2.85 bits per heavy atom. The number of methoxy groups -OCH3 is 1. The lowest BCUT2D eigenvalue weighted by atomic mass is 10.1. The SMILES string of the molecule is COc1ccc([C@@H](C)NC(=O)C[C@H]2Sc3ccccc3NC2=O)cc1F. The van der Waals surface area contributed by atoms with Crippen molar-refractivity contribution in [2.75, 3.05) is 12.4 Å². The van der Waals surface area contributed by atoms with Gasteiger partial charge in [-0.15, -0.1) is 11.8 Å². The molecule has 0 saturated carbocycles. The molecular formula is C19H19FN2O3S. The first-order valence-electron chi connectivity index (χ1n) is 8.17. The van der Waals surface area contributed by atoms with Crippen LogP contribution in [0.15, 0.2) is 47.4 Å². The molecule has 1 heterocycles. The van der Waals surface area contributed by atoms with Gasteiger partial charge in [0, 0.05) is 11.3 Å². The van der Waals surface area contributed by atoms with Crippen molar-refractivity contribution >= 4 is 29.3 Å². The zero-order valence-corrected chi connectivity index (χ0v) is 15.2. The summed E-state index contributed by atoms with van der Waals surface area (Å²) in [5.74, 6) is -0.779. The first-order chi connectivity index (χ1) is 12.5. The Kier molecular flexibility index (Phi) is 5.46. The first kappa shape index (κ1) is 18.3. The zero-order chi connectivity index (χ0) is 18.7. The van der Waals surface area contributed by atoms with E-state index in [0.717, 1.165) is 10.6 Å². The molecule has 0 fully saturated rings. The van der Waals surface area contributed by atoms with Crippen molar-refractivity contribution in [1.82, 2.24) is 5.32 Å². The normalized spacial score (nSPS) is 17.0. The minimum atomic E-state index is -0.496. The molecule has 2 atom stereocenters. The van der Waals surface area contributed by atoms with Crippen LogP contribution in [0.1, 0.15) is 24.9 Å². The molecule has 0 aliphatic carbocycles. The number of amides is 2. The Bertz CT molecular complexity index is 843. The highest BCUT2D eigenvalue weighted by Crippen LogP contribution is 2.36. The van der Waals surface area contributed by atoms with Crippen molar-refractivity contribution < 1.29 is 18.7 Å². The van der Waals surface area contributed by atoms with Crippen LogP contribution in [0.3, 0.4) is 0 Å². The Hall–Kier alpha value is -2.54. The average molecular weight is 374 g/mol. The van der Waals surface area contributed by atoms with E-state index in [1.54, 1.807) is 13.0 Å². The number of thioether (sulfide) groups is 1. The Morgan fingerprint density at radius 1 is 1.35 bits per heavy atom. The number of ether oxygens (including phenoxy) is 1. The topological polar surface area (TPSA) is 67.4 Å². The van der Waals surface area contributed by atoms with Crippen LogP contribution in [0.25, 0.3) is 0 Å². The Balaban J connectivity index is 1.62. The highest BCUT2D eigenvalue weighted by molar-refractivity contribution is 8.01. The molecule has 0 radical (unpaired) electrons. The fraction of sp³-hybridized carbons (Fsp3) is 0.263. The van der Waals surface area contributed by atoms with Gasteiger partial charge in [0.2, 0.25) is 11.8 Å². The van der Waals surface area contributed by atoms with E-state index in [4.69, 9.17) is 4.74 Å². The monoisotopic (exact) mass is 374 g/mol. The minimum Gasteiger partial charge on any atom is -0.494 e. The number of para-hydroxylation sites is 1. The van der Waals surface area contributed by atoms with Crippen molar-refractivity contribution in [3.05, 3.63) is 53.8 Å². The summed E-state index contributed by atoms with van der Waals surface area (Å²) in [6.07, 6.45) is 0.0494. The van der Waals surface area contributed by atoms with E-state index in [2.05, 4.69) is 10.6 Å².